The van der Waals surface area contributed by atoms with Gasteiger partial charge in [-0.15, -0.1) is 10.2 Å². The molecule has 0 spiro atoms. The van der Waals surface area contributed by atoms with Crippen molar-refractivity contribution in [2.24, 2.45) is 0 Å². The first-order valence-corrected chi connectivity index (χ1v) is 7.80. The van der Waals surface area contributed by atoms with E-state index >= 15 is 0 Å². The molecule has 0 bridgehead atoms. The monoisotopic (exact) mass is 300 g/mol. The van der Waals surface area contributed by atoms with E-state index < -0.39 is 0 Å². The van der Waals surface area contributed by atoms with Gasteiger partial charge >= 0.3 is 0 Å². The molecule has 0 amide bonds. The molecule has 1 aromatic carbocycles. The van der Waals surface area contributed by atoms with E-state index in [0.29, 0.717) is 11.8 Å². The molecule has 3 aromatic rings. The molecule has 0 N–H and O–H groups in total. The lowest BCUT2D eigenvalue weighted by Gasteiger charge is -2.15. The SMILES string of the molecule is CCC(Oc1ccccc1C)c1nnc(-c2ccsc2)o1. The van der Waals surface area contributed by atoms with Crippen molar-refractivity contribution >= 4 is 11.3 Å². The van der Waals surface area contributed by atoms with Gasteiger partial charge in [-0.2, -0.15) is 11.3 Å². The maximum atomic E-state index is 6.02. The summed E-state index contributed by atoms with van der Waals surface area (Å²) < 4.78 is 11.8. The molecule has 3 rings (SSSR count). The second kappa shape index (κ2) is 6.10. The standard InChI is InChI=1S/C16H16N2O2S/c1-3-13(19-14-7-5-4-6-11(14)2)16-18-17-15(20-16)12-8-9-21-10-12/h4-10,13H,3H2,1-2H3. The van der Waals surface area contributed by atoms with Crippen LogP contribution in [-0.2, 0) is 0 Å². The van der Waals surface area contributed by atoms with Gasteiger partial charge in [-0.3, -0.25) is 0 Å². The van der Waals surface area contributed by atoms with E-state index in [0.717, 1.165) is 23.3 Å². The van der Waals surface area contributed by atoms with Crippen LogP contribution in [0.4, 0.5) is 0 Å². The molecule has 108 valence electrons. The average Bonchev–Trinajstić information content (AvgIpc) is 3.17. The smallest absolute Gasteiger partial charge is 0.257 e. The van der Waals surface area contributed by atoms with Crippen LogP contribution in [0.3, 0.4) is 0 Å². The molecule has 0 radical (unpaired) electrons. The van der Waals surface area contributed by atoms with Crippen molar-refractivity contribution in [3.05, 3.63) is 52.5 Å². The molecule has 0 fully saturated rings. The second-order valence-electron chi connectivity index (χ2n) is 4.74. The Morgan fingerprint density at radius 3 is 2.81 bits per heavy atom. The van der Waals surface area contributed by atoms with Crippen molar-refractivity contribution in [2.75, 3.05) is 0 Å². The van der Waals surface area contributed by atoms with Gasteiger partial charge in [0, 0.05) is 10.9 Å². The zero-order valence-corrected chi connectivity index (χ0v) is 12.8. The van der Waals surface area contributed by atoms with Gasteiger partial charge in [0.2, 0.25) is 5.89 Å². The van der Waals surface area contributed by atoms with E-state index in [2.05, 4.69) is 10.2 Å². The molecule has 5 heteroatoms. The van der Waals surface area contributed by atoms with Crippen LogP contribution < -0.4 is 4.74 Å². The largest absolute Gasteiger partial charge is 0.480 e. The molecule has 2 heterocycles. The van der Waals surface area contributed by atoms with Gasteiger partial charge in [0.05, 0.1) is 0 Å². The fourth-order valence-electron chi connectivity index (χ4n) is 2.02. The number of aromatic nitrogens is 2. The predicted molar refractivity (Wildman–Crippen MR) is 82.5 cm³/mol. The number of rotatable bonds is 5. The number of nitrogens with zero attached hydrogens (tertiary/aromatic N) is 2. The van der Waals surface area contributed by atoms with E-state index in [1.54, 1.807) is 11.3 Å². The van der Waals surface area contributed by atoms with Crippen LogP contribution in [0.25, 0.3) is 11.5 Å². The summed E-state index contributed by atoms with van der Waals surface area (Å²) in [5, 5.41) is 12.2. The highest BCUT2D eigenvalue weighted by Gasteiger charge is 2.20. The lowest BCUT2D eigenvalue weighted by molar-refractivity contribution is 0.165. The highest BCUT2D eigenvalue weighted by Crippen LogP contribution is 2.28. The fourth-order valence-corrected chi connectivity index (χ4v) is 2.65. The number of hydrogen-bond acceptors (Lipinski definition) is 5. The topological polar surface area (TPSA) is 48.2 Å². The van der Waals surface area contributed by atoms with Crippen LogP contribution in [-0.4, -0.2) is 10.2 Å². The van der Waals surface area contributed by atoms with Crippen LogP contribution in [0.2, 0.25) is 0 Å². The van der Waals surface area contributed by atoms with Crippen LogP contribution >= 0.6 is 11.3 Å². The van der Waals surface area contributed by atoms with Crippen molar-refractivity contribution in [2.45, 2.75) is 26.4 Å². The number of aryl methyl sites for hydroxylation is 1. The summed E-state index contributed by atoms with van der Waals surface area (Å²) >= 11 is 1.60. The average molecular weight is 300 g/mol. The molecule has 0 saturated heterocycles. The molecule has 0 saturated carbocycles. The Morgan fingerprint density at radius 1 is 1.24 bits per heavy atom. The zero-order valence-electron chi connectivity index (χ0n) is 11.9. The first-order valence-electron chi connectivity index (χ1n) is 6.86. The molecule has 0 aliphatic carbocycles. The molecular weight excluding hydrogens is 284 g/mol. The first kappa shape index (κ1) is 13.8. The van der Waals surface area contributed by atoms with Crippen LogP contribution in [0.5, 0.6) is 5.75 Å². The minimum atomic E-state index is -0.231. The Hall–Kier alpha value is -2.14. The summed E-state index contributed by atoms with van der Waals surface area (Å²) in [6.45, 7) is 4.06. The number of hydrogen-bond donors (Lipinski definition) is 0. The molecule has 0 aliphatic rings. The third-order valence-electron chi connectivity index (χ3n) is 3.22. The first-order chi connectivity index (χ1) is 10.3. The van der Waals surface area contributed by atoms with Crippen LogP contribution in [0.15, 0.2) is 45.5 Å². The number of benzene rings is 1. The minimum Gasteiger partial charge on any atom is -0.480 e. The Balaban J connectivity index is 1.82. The molecule has 1 unspecified atom stereocenters. The maximum Gasteiger partial charge on any atom is 0.257 e. The summed E-state index contributed by atoms with van der Waals surface area (Å²) in [5.74, 6) is 1.90. The lowest BCUT2D eigenvalue weighted by Crippen LogP contribution is -2.07. The quantitative estimate of drug-likeness (QED) is 0.689. The Kier molecular flexibility index (Phi) is 4.01. The van der Waals surface area contributed by atoms with Gasteiger partial charge < -0.3 is 9.15 Å². The van der Waals surface area contributed by atoms with Crippen molar-refractivity contribution < 1.29 is 9.15 Å². The summed E-state index contributed by atoms with van der Waals surface area (Å²) in [5.41, 5.74) is 2.04. The van der Waals surface area contributed by atoms with E-state index in [1.165, 1.54) is 0 Å². The number of para-hydroxylation sites is 1. The van der Waals surface area contributed by atoms with E-state index in [1.807, 2.05) is 54.9 Å². The third-order valence-corrected chi connectivity index (χ3v) is 3.90. The zero-order chi connectivity index (χ0) is 14.7. The second-order valence-corrected chi connectivity index (χ2v) is 5.52. The van der Waals surface area contributed by atoms with Crippen molar-refractivity contribution in [1.29, 1.82) is 0 Å². The predicted octanol–water partition coefficient (Wildman–Crippen LogP) is 4.64. The van der Waals surface area contributed by atoms with Crippen molar-refractivity contribution in [3.8, 4) is 17.2 Å². The van der Waals surface area contributed by atoms with Gasteiger partial charge in [0.1, 0.15) is 5.75 Å². The molecule has 2 aromatic heterocycles. The van der Waals surface area contributed by atoms with Gasteiger partial charge in [0.25, 0.3) is 5.89 Å². The number of ether oxygens (including phenoxy) is 1. The molecule has 4 nitrogen and oxygen atoms in total. The van der Waals surface area contributed by atoms with E-state index in [-0.39, 0.29) is 6.10 Å². The van der Waals surface area contributed by atoms with E-state index in [4.69, 9.17) is 9.15 Å². The van der Waals surface area contributed by atoms with Crippen LogP contribution in [0.1, 0.15) is 30.9 Å². The minimum absolute atomic E-state index is 0.231. The summed E-state index contributed by atoms with van der Waals surface area (Å²) in [7, 11) is 0. The lowest BCUT2D eigenvalue weighted by atomic mass is 10.2. The Morgan fingerprint density at radius 2 is 2.10 bits per heavy atom. The maximum absolute atomic E-state index is 6.02. The van der Waals surface area contributed by atoms with Crippen molar-refractivity contribution in [3.63, 3.8) is 0 Å². The summed E-state index contributed by atoms with van der Waals surface area (Å²) in [6.07, 6.45) is 0.533. The normalized spacial score (nSPS) is 12.3. The molecule has 21 heavy (non-hydrogen) atoms. The Labute approximate surface area is 127 Å². The van der Waals surface area contributed by atoms with E-state index in [9.17, 15) is 0 Å². The molecule has 1 atom stereocenters. The van der Waals surface area contributed by atoms with Crippen molar-refractivity contribution in [1.82, 2.24) is 10.2 Å². The highest BCUT2D eigenvalue weighted by molar-refractivity contribution is 7.08. The van der Waals surface area contributed by atoms with Crippen LogP contribution in [0, 0.1) is 6.92 Å². The van der Waals surface area contributed by atoms with Gasteiger partial charge in [-0.25, -0.2) is 0 Å². The van der Waals surface area contributed by atoms with Gasteiger partial charge in [-0.1, -0.05) is 25.1 Å². The van der Waals surface area contributed by atoms with Gasteiger partial charge in [-0.05, 0) is 36.4 Å². The Bertz CT molecular complexity index is 707. The summed E-state index contributed by atoms with van der Waals surface area (Å²) in [6, 6.07) is 9.89. The number of thiophene rings is 1. The van der Waals surface area contributed by atoms with Gasteiger partial charge in [0.15, 0.2) is 6.10 Å². The third kappa shape index (κ3) is 2.97. The molecular formula is C16H16N2O2S. The molecule has 0 aliphatic heterocycles. The highest BCUT2D eigenvalue weighted by atomic mass is 32.1. The fraction of sp³-hybridized carbons (Fsp3) is 0.250. The summed E-state index contributed by atoms with van der Waals surface area (Å²) in [4.78, 5) is 0.